The van der Waals surface area contributed by atoms with Crippen LogP contribution in [0.3, 0.4) is 0 Å². The Morgan fingerprint density at radius 1 is 1.00 bits per heavy atom. The van der Waals surface area contributed by atoms with Crippen molar-refractivity contribution in [2.24, 2.45) is 5.73 Å². The third-order valence-electron chi connectivity index (χ3n) is 5.03. The number of fused-ring (bicyclic) bond motifs is 11. The highest BCUT2D eigenvalue weighted by atomic mass is 16.5. The Kier molecular flexibility index (Phi) is 10.2. The summed E-state index contributed by atoms with van der Waals surface area (Å²) in [4.78, 5) is 25.5. The van der Waals surface area contributed by atoms with Crippen LogP contribution in [-0.4, -0.2) is 29.9 Å². The predicted octanol–water partition coefficient (Wildman–Crippen LogP) is 4.35. The molecule has 0 aliphatic carbocycles. The van der Waals surface area contributed by atoms with E-state index < -0.39 is 0 Å². The summed E-state index contributed by atoms with van der Waals surface area (Å²) in [6.45, 7) is 2.02. The van der Waals surface area contributed by atoms with E-state index in [0.29, 0.717) is 26.0 Å². The molecule has 1 aromatic rings. The van der Waals surface area contributed by atoms with Crippen molar-refractivity contribution in [3.8, 4) is 5.75 Å². The lowest BCUT2D eigenvalue weighted by Gasteiger charge is -2.23. The minimum atomic E-state index is -0.223. The zero-order valence-corrected chi connectivity index (χ0v) is 16.9. The molecule has 154 valence electrons. The molecule has 2 N–H and O–H groups in total. The first kappa shape index (κ1) is 22.0. The molecule has 2 amide bonds. The molecule has 5 nitrogen and oxygen atoms in total. The minimum Gasteiger partial charge on any atom is -0.490 e. The van der Waals surface area contributed by atoms with Gasteiger partial charge >= 0.3 is 0 Å². The number of rotatable bonds is 8. The molecule has 0 spiro atoms. The molecular weight excluding hydrogens is 352 g/mol. The van der Waals surface area contributed by atoms with Crippen molar-refractivity contribution in [3.05, 3.63) is 42.0 Å². The number of primary amides is 1. The smallest absolute Gasteiger partial charge is 0.222 e. The van der Waals surface area contributed by atoms with Gasteiger partial charge in [0.05, 0.1) is 0 Å². The number of carbonyl (C=O) groups is 2. The summed E-state index contributed by atoms with van der Waals surface area (Å²) in [6.07, 6.45) is 13.2. The third-order valence-corrected chi connectivity index (χ3v) is 5.03. The number of benzene rings is 1. The number of carbonyl (C=O) groups excluding carboxylic acids is 2. The largest absolute Gasteiger partial charge is 0.490 e. The number of hydrogen-bond donors (Lipinski definition) is 1. The SMILES string of the molecule is NC(=O)CCCCCCCN1Cc2ccc(cc2)OC/C=C\CCCCC1=O. The molecule has 0 unspecified atom stereocenters. The van der Waals surface area contributed by atoms with Gasteiger partial charge < -0.3 is 15.4 Å². The molecule has 0 atom stereocenters. The number of ether oxygens (including phenoxy) is 1. The fraction of sp³-hybridized carbons (Fsp3) is 0.565. The Hall–Kier alpha value is -2.30. The van der Waals surface area contributed by atoms with Crippen molar-refractivity contribution in [3.63, 3.8) is 0 Å². The summed E-state index contributed by atoms with van der Waals surface area (Å²) >= 11 is 0. The van der Waals surface area contributed by atoms with Gasteiger partial charge in [0, 0.05) is 25.9 Å². The number of nitrogens with zero attached hydrogens (tertiary/aromatic N) is 1. The van der Waals surface area contributed by atoms with Gasteiger partial charge in [0.1, 0.15) is 12.4 Å². The quantitative estimate of drug-likeness (QED) is 0.533. The van der Waals surface area contributed by atoms with Gasteiger partial charge in [-0.25, -0.2) is 0 Å². The summed E-state index contributed by atoms with van der Waals surface area (Å²) in [7, 11) is 0. The van der Waals surface area contributed by atoms with Crippen LogP contribution in [0.5, 0.6) is 5.75 Å². The van der Waals surface area contributed by atoms with E-state index in [1.165, 1.54) is 0 Å². The molecule has 28 heavy (non-hydrogen) atoms. The topological polar surface area (TPSA) is 72.6 Å². The van der Waals surface area contributed by atoms with Gasteiger partial charge in [-0.1, -0.05) is 43.5 Å². The van der Waals surface area contributed by atoms with Crippen molar-refractivity contribution in [1.29, 1.82) is 0 Å². The lowest BCUT2D eigenvalue weighted by molar-refractivity contribution is -0.132. The summed E-state index contributed by atoms with van der Waals surface area (Å²) < 4.78 is 5.71. The van der Waals surface area contributed by atoms with Crippen LogP contribution in [-0.2, 0) is 16.1 Å². The first-order valence-corrected chi connectivity index (χ1v) is 10.6. The Bertz CT molecular complexity index is 625. The molecule has 2 bridgehead atoms. The van der Waals surface area contributed by atoms with Gasteiger partial charge in [0.2, 0.25) is 11.8 Å². The highest BCUT2D eigenvalue weighted by Crippen LogP contribution is 2.16. The molecule has 0 radical (unpaired) electrons. The fourth-order valence-corrected chi connectivity index (χ4v) is 3.36. The van der Waals surface area contributed by atoms with E-state index in [-0.39, 0.29) is 11.8 Å². The van der Waals surface area contributed by atoms with Crippen LogP contribution in [0.2, 0.25) is 0 Å². The van der Waals surface area contributed by atoms with E-state index in [0.717, 1.165) is 69.2 Å². The van der Waals surface area contributed by atoms with Crippen LogP contribution in [0.15, 0.2) is 36.4 Å². The highest BCUT2D eigenvalue weighted by Gasteiger charge is 2.14. The van der Waals surface area contributed by atoms with Crippen LogP contribution in [0.1, 0.15) is 69.8 Å². The number of nitrogens with two attached hydrogens (primary N) is 1. The van der Waals surface area contributed by atoms with E-state index in [2.05, 4.69) is 6.08 Å². The maximum atomic E-state index is 12.7. The van der Waals surface area contributed by atoms with Crippen molar-refractivity contribution in [1.82, 2.24) is 4.90 Å². The van der Waals surface area contributed by atoms with Crippen LogP contribution in [0.25, 0.3) is 0 Å². The average Bonchev–Trinajstić information content (AvgIpc) is 2.69. The molecule has 2 aliphatic heterocycles. The summed E-state index contributed by atoms with van der Waals surface area (Å²) in [5, 5.41) is 0. The van der Waals surface area contributed by atoms with Crippen molar-refractivity contribution >= 4 is 11.8 Å². The van der Waals surface area contributed by atoms with Crippen molar-refractivity contribution < 1.29 is 14.3 Å². The molecule has 3 rings (SSSR count). The highest BCUT2D eigenvalue weighted by molar-refractivity contribution is 5.76. The molecule has 2 heterocycles. The first-order valence-electron chi connectivity index (χ1n) is 10.6. The number of allylic oxidation sites excluding steroid dienone is 1. The lowest BCUT2D eigenvalue weighted by Crippen LogP contribution is -2.31. The van der Waals surface area contributed by atoms with Gasteiger partial charge in [-0.3, -0.25) is 9.59 Å². The van der Waals surface area contributed by atoms with Crippen molar-refractivity contribution in [2.75, 3.05) is 13.2 Å². The van der Waals surface area contributed by atoms with E-state index in [1.54, 1.807) is 0 Å². The summed E-state index contributed by atoms with van der Waals surface area (Å²) in [5.41, 5.74) is 6.30. The van der Waals surface area contributed by atoms with Crippen LogP contribution in [0, 0.1) is 0 Å². The monoisotopic (exact) mass is 386 g/mol. The molecular formula is C23H34N2O3. The fourth-order valence-electron chi connectivity index (χ4n) is 3.36. The molecule has 1 aromatic carbocycles. The lowest BCUT2D eigenvalue weighted by atomic mass is 10.1. The Balaban J connectivity index is 1.86. The van der Waals surface area contributed by atoms with Gasteiger partial charge in [-0.2, -0.15) is 0 Å². The van der Waals surface area contributed by atoms with E-state index in [1.807, 2.05) is 35.2 Å². The van der Waals surface area contributed by atoms with Gasteiger partial charge in [-0.05, 0) is 49.8 Å². The summed E-state index contributed by atoms with van der Waals surface area (Å²) in [5.74, 6) is 0.879. The maximum absolute atomic E-state index is 12.7. The Morgan fingerprint density at radius 2 is 1.75 bits per heavy atom. The van der Waals surface area contributed by atoms with Crippen LogP contribution in [0.4, 0.5) is 0 Å². The van der Waals surface area contributed by atoms with Gasteiger partial charge in [0.25, 0.3) is 0 Å². The number of unbranched alkanes of at least 4 members (excludes halogenated alkanes) is 4. The maximum Gasteiger partial charge on any atom is 0.222 e. The number of hydrogen-bond acceptors (Lipinski definition) is 3. The third kappa shape index (κ3) is 9.07. The minimum absolute atomic E-state index is 0.223. The van der Waals surface area contributed by atoms with Gasteiger partial charge in [0.15, 0.2) is 0 Å². The van der Waals surface area contributed by atoms with E-state index in [9.17, 15) is 9.59 Å². The Morgan fingerprint density at radius 3 is 2.54 bits per heavy atom. The standard InChI is InChI=1S/C23H34N2O3/c24-22(26)11-7-3-1-5-9-17-25-19-20-13-15-21(16-14-20)28-18-10-6-2-4-8-12-23(25)27/h6,10,13-16H,1-5,7-9,11-12,17-19H2,(H2,24,26)/b10-6-. The molecule has 2 aliphatic rings. The second-order valence-electron chi connectivity index (χ2n) is 7.47. The predicted molar refractivity (Wildman–Crippen MR) is 112 cm³/mol. The van der Waals surface area contributed by atoms with Crippen LogP contribution < -0.4 is 10.5 Å². The van der Waals surface area contributed by atoms with Gasteiger partial charge in [-0.15, -0.1) is 0 Å². The molecule has 0 saturated carbocycles. The van der Waals surface area contributed by atoms with E-state index >= 15 is 0 Å². The molecule has 0 aromatic heterocycles. The van der Waals surface area contributed by atoms with Crippen LogP contribution >= 0.6 is 0 Å². The van der Waals surface area contributed by atoms with E-state index in [4.69, 9.17) is 10.5 Å². The zero-order valence-electron chi connectivity index (χ0n) is 16.9. The molecule has 0 fully saturated rings. The Labute approximate surface area is 168 Å². The van der Waals surface area contributed by atoms with Crippen molar-refractivity contribution in [2.45, 2.75) is 70.8 Å². The summed E-state index contributed by atoms with van der Waals surface area (Å²) in [6, 6.07) is 8.04. The second kappa shape index (κ2) is 13.0. The molecule has 0 saturated heterocycles. The zero-order chi connectivity index (χ0) is 20.0. The second-order valence-corrected chi connectivity index (χ2v) is 7.47. The normalized spacial score (nSPS) is 16.9. The first-order chi connectivity index (χ1) is 13.6. The molecule has 5 heteroatoms. The average molecular weight is 387 g/mol. The number of amides is 2.